The van der Waals surface area contributed by atoms with E-state index in [2.05, 4.69) is 5.32 Å². The van der Waals surface area contributed by atoms with Crippen LogP contribution >= 0.6 is 0 Å². The molecule has 23 heavy (non-hydrogen) atoms. The van der Waals surface area contributed by atoms with Crippen molar-refractivity contribution in [3.63, 3.8) is 0 Å². The summed E-state index contributed by atoms with van der Waals surface area (Å²) in [5.41, 5.74) is 0.244. The highest BCUT2D eigenvalue weighted by Crippen LogP contribution is 2.18. The molecule has 0 aliphatic heterocycles. The number of anilines is 1. The Morgan fingerprint density at radius 2 is 2.00 bits per heavy atom. The van der Waals surface area contributed by atoms with Crippen molar-refractivity contribution in [3.8, 4) is 0 Å². The molecule has 0 radical (unpaired) electrons. The normalized spacial score (nSPS) is 10.2. The second kappa shape index (κ2) is 6.82. The summed E-state index contributed by atoms with van der Waals surface area (Å²) in [5, 5.41) is 13.2. The van der Waals surface area contributed by atoms with Crippen molar-refractivity contribution >= 4 is 17.4 Å². The first-order chi connectivity index (χ1) is 10.9. The number of carbonyl (C=O) groups excluding carboxylic acids is 1. The smallest absolute Gasteiger partial charge is 0.321 e. The van der Waals surface area contributed by atoms with Crippen molar-refractivity contribution in [3.05, 3.63) is 69.8 Å². The molecule has 2 amide bonds. The number of nitrogens with zero attached hydrogens (tertiary/aromatic N) is 2. The number of hydrogen-bond donors (Lipinski definition) is 1. The lowest BCUT2D eigenvalue weighted by molar-refractivity contribution is -0.384. The summed E-state index contributed by atoms with van der Waals surface area (Å²) in [4.78, 5) is 23.3. The van der Waals surface area contributed by atoms with Gasteiger partial charge in [-0.25, -0.2) is 13.6 Å². The van der Waals surface area contributed by atoms with Crippen molar-refractivity contribution in [2.75, 3.05) is 12.4 Å². The number of carbonyl (C=O) groups is 1. The van der Waals surface area contributed by atoms with Crippen molar-refractivity contribution in [2.24, 2.45) is 0 Å². The average molecular weight is 321 g/mol. The molecule has 0 aliphatic rings. The van der Waals surface area contributed by atoms with Crippen LogP contribution in [-0.4, -0.2) is 22.9 Å². The second-order valence-electron chi connectivity index (χ2n) is 4.83. The largest absolute Gasteiger partial charge is 0.323 e. The molecule has 0 heterocycles. The average Bonchev–Trinajstić information content (AvgIpc) is 2.50. The van der Waals surface area contributed by atoms with Crippen LogP contribution in [-0.2, 0) is 6.54 Å². The molecule has 0 aliphatic carbocycles. The number of nitro benzene ring substituents is 1. The van der Waals surface area contributed by atoms with Gasteiger partial charge in [-0.05, 0) is 12.1 Å². The van der Waals surface area contributed by atoms with Gasteiger partial charge in [-0.3, -0.25) is 10.1 Å². The minimum Gasteiger partial charge on any atom is -0.323 e. The Kier molecular flexibility index (Phi) is 4.85. The van der Waals surface area contributed by atoms with Crippen LogP contribution in [0.1, 0.15) is 5.56 Å². The molecule has 0 fully saturated rings. The minimum absolute atomic E-state index is 0.0765. The van der Waals surface area contributed by atoms with Gasteiger partial charge in [-0.1, -0.05) is 12.1 Å². The van der Waals surface area contributed by atoms with Gasteiger partial charge in [0.25, 0.3) is 5.69 Å². The SMILES string of the molecule is CN(Cc1ccc(F)cc1F)C(=O)Nc1cccc([N+](=O)[O-])c1. The lowest BCUT2D eigenvalue weighted by Gasteiger charge is -2.18. The zero-order chi connectivity index (χ0) is 17.0. The third-order valence-corrected chi connectivity index (χ3v) is 3.08. The number of non-ortho nitro benzene ring substituents is 1. The molecule has 0 saturated carbocycles. The van der Waals surface area contributed by atoms with Crippen LogP contribution in [0.3, 0.4) is 0 Å². The zero-order valence-electron chi connectivity index (χ0n) is 12.1. The van der Waals surface area contributed by atoms with Crippen LogP contribution in [0.2, 0.25) is 0 Å². The predicted molar refractivity (Wildman–Crippen MR) is 79.9 cm³/mol. The van der Waals surface area contributed by atoms with Crippen molar-refractivity contribution in [1.29, 1.82) is 0 Å². The Morgan fingerprint density at radius 1 is 1.26 bits per heavy atom. The van der Waals surface area contributed by atoms with Gasteiger partial charge in [0.15, 0.2) is 0 Å². The molecule has 6 nitrogen and oxygen atoms in total. The van der Waals surface area contributed by atoms with E-state index in [1.807, 2.05) is 0 Å². The number of halogens is 2. The minimum atomic E-state index is -0.750. The van der Waals surface area contributed by atoms with Gasteiger partial charge in [-0.15, -0.1) is 0 Å². The molecule has 2 rings (SSSR count). The van der Waals surface area contributed by atoms with Crippen LogP contribution in [0.15, 0.2) is 42.5 Å². The van der Waals surface area contributed by atoms with E-state index in [-0.39, 0.29) is 23.5 Å². The van der Waals surface area contributed by atoms with Gasteiger partial charge in [0.1, 0.15) is 11.6 Å². The molecule has 2 aromatic rings. The van der Waals surface area contributed by atoms with Crippen LogP contribution in [0, 0.1) is 21.7 Å². The topological polar surface area (TPSA) is 75.5 Å². The van der Waals surface area contributed by atoms with Gasteiger partial charge >= 0.3 is 6.03 Å². The first-order valence-electron chi connectivity index (χ1n) is 6.57. The predicted octanol–water partition coefficient (Wildman–Crippen LogP) is 3.54. The molecule has 0 bridgehead atoms. The van der Waals surface area contributed by atoms with Crippen LogP contribution in [0.4, 0.5) is 25.0 Å². The third kappa shape index (κ3) is 4.22. The number of hydrogen-bond acceptors (Lipinski definition) is 3. The van der Waals surface area contributed by atoms with Crippen molar-refractivity contribution in [2.45, 2.75) is 6.54 Å². The highest BCUT2D eigenvalue weighted by Gasteiger charge is 2.14. The van der Waals surface area contributed by atoms with Crippen LogP contribution in [0.25, 0.3) is 0 Å². The van der Waals surface area contributed by atoms with E-state index in [1.165, 1.54) is 42.3 Å². The quantitative estimate of drug-likeness (QED) is 0.691. The Bertz CT molecular complexity index is 752. The number of nitrogens with one attached hydrogen (secondary N) is 1. The molecule has 0 saturated heterocycles. The second-order valence-corrected chi connectivity index (χ2v) is 4.83. The summed E-state index contributed by atoms with van der Waals surface area (Å²) in [6.07, 6.45) is 0. The molecule has 2 aromatic carbocycles. The maximum atomic E-state index is 13.6. The molecular weight excluding hydrogens is 308 g/mol. The van der Waals surface area contributed by atoms with E-state index >= 15 is 0 Å². The zero-order valence-corrected chi connectivity index (χ0v) is 12.1. The van der Waals surface area contributed by atoms with Crippen LogP contribution in [0.5, 0.6) is 0 Å². The summed E-state index contributed by atoms with van der Waals surface area (Å²) in [5.74, 6) is -1.45. The summed E-state index contributed by atoms with van der Waals surface area (Å²) in [6.45, 7) is -0.0765. The molecule has 8 heteroatoms. The fraction of sp³-hybridized carbons (Fsp3) is 0.133. The Morgan fingerprint density at radius 3 is 2.65 bits per heavy atom. The Labute approximate surface area is 130 Å². The fourth-order valence-electron chi connectivity index (χ4n) is 1.89. The fourth-order valence-corrected chi connectivity index (χ4v) is 1.89. The number of amides is 2. The molecular formula is C15H13F2N3O3. The maximum Gasteiger partial charge on any atom is 0.321 e. The van der Waals surface area contributed by atoms with E-state index < -0.39 is 22.6 Å². The number of rotatable bonds is 4. The van der Waals surface area contributed by atoms with E-state index in [0.717, 1.165) is 12.1 Å². The van der Waals surface area contributed by atoms with E-state index in [1.54, 1.807) is 0 Å². The first-order valence-corrected chi connectivity index (χ1v) is 6.57. The standard InChI is InChI=1S/C15H13F2N3O3/c1-19(9-10-5-6-11(16)7-14(10)17)15(21)18-12-3-2-4-13(8-12)20(22)23/h2-8H,9H2,1H3,(H,18,21). The number of urea groups is 1. The van der Waals surface area contributed by atoms with E-state index in [9.17, 15) is 23.7 Å². The van der Waals surface area contributed by atoms with Gasteiger partial charge in [0, 0.05) is 43.0 Å². The lowest BCUT2D eigenvalue weighted by atomic mass is 10.2. The first kappa shape index (κ1) is 16.3. The summed E-state index contributed by atoms with van der Waals surface area (Å²) < 4.78 is 26.4. The van der Waals surface area contributed by atoms with E-state index in [0.29, 0.717) is 0 Å². The van der Waals surface area contributed by atoms with Gasteiger partial charge < -0.3 is 10.2 Å². The molecule has 0 unspecified atom stereocenters. The highest BCUT2D eigenvalue weighted by atomic mass is 19.1. The maximum absolute atomic E-state index is 13.6. The van der Waals surface area contributed by atoms with Gasteiger partial charge in [0.2, 0.25) is 0 Å². The van der Waals surface area contributed by atoms with Crippen LogP contribution < -0.4 is 5.32 Å². The summed E-state index contributed by atoms with van der Waals surface area (Å²) >= 11 is 0. The van der Waals surface area contributed by atoms with Gasteiger partial charge in [-0.2, -0.15) is 0 Å². The third-order valence-electron chi connectivity index (χ3n) is 3.08. The molecule has 0 atom stereocenters. The molecule has 120 valence electrons. The molecule has 0 aromatic heterocycles. The highest BCUT2D eigenvalue weighted by molar-refractivity contribution is 5.89. The van der Waals surface area contributed by atoms with E-state index in [4.69, 9.17) is 0 Å². The summed E-state index contributed by atoms with van der Waals surface area (Å²) in [6, 6.07) is 7.96. The summed E-state index contributed by atoms with van der Waals surface area (Å²) in [7, 11) is 1.43. The van der Waals surface area contributed by atoms with Gasteiger partial charge in [0.05, 0.1) is 4.92 Å². The molecule has 0 spiro atoms. The lowest BCUT2D eigenvalue weighted by Crippen LogP contribution is -2.31. The van der Waals surface area contributed by atoms with Crippen molar-refractivity contribution < 1.29 is 18.5 Å². The Balaban J connectivity index is 2.05. The number of nitro groups is 1. The van der Waals surface area contributed by atoms with Crippen molar-refractivity contribution in [1.82, 2.24) is 4.90 Å². The Hall–Kier alpha value is -3.03. The molecule has 1 N–H and O–H groups in total. The number of benzene rings is 2. The monoisotopic (exact) mass is 321 g/mol.